The Morgan fingerprint density at radius 1 is 0.549 bits per heavy atom. The van der Waals surface area contributed by atoms with Crippen LogP contribution in [0.4, 0.5) is 0 Å². The van der Waals surface area contributed by atoms with Crippen LogP contribution < -0.4 is 9.30 Å². The molecule has 1 aliphatic carbocycles. The van der Waals surface area contributed by atoms with Gasteiger partial charge in [0, 0.05) is 44.3 Å². The zero-order valence-corrected chi connectivity index (χ0v) is 41.5. The largest absolute Gasteiger partial charge is 0.510 e. The van der Waals surface area contributed by atoms with Crippen LogP contribution in [-0.4, -0.2) is 14.1 Å². The molecule has 9 aromatic carbocycles. The number of pyridine rings is 1. The molecule has 3 aromatic heterocycles. The van der Waals surface area contributed by atoms with E-state index < -0.39 is 0 Å². The number of para-hydroxylation sites is 2. The number of nitrogens with zero attached hydrogens (tertiary/aromatic N) is 4. The molecule has 12 aromatic rings. The second-order valence-electron chi connectivity index (χ2n) is 19.5. The number of ether oxygens (including phenoxy) is 1. The van der Waals surface area contributed by atoms with Gasteiger partial charge in [0.25, 0.3) is 6.33 Å². The molecule has 0 amide bonds. The fourth-order valence-electron chi connectivity index (χ4n) is 11.2. The molecule has 14 rings (SSSR count). The van der Waals surface area contributed by atoms with Crippen LogP contribution in [0, 0.1) is 18.5 Å². The summed E-state index contributed by atoms with van der Waals surface area (Å²) in [4.78, 5) is 5.00. The Morgan fingerprint density at radius 3 is 1.99 bits per heavy atom. The number of hydrogen-bond acceptors (Lipinski definition) is 2. The number of fused-ring (bicyclic) bond motifs is 14. The van der Waals surface area contributed by atoms with Crippen molar-refractivity contribution in [3.8, 4) is 84.3 Å². The van der Waals surface area contributed by atoms with E-state index in [0.29, 0.717) is 11.5 Å². The first-order valence-electron chi connectivity index (χ1n) is 24.0. The van der Waals surface area contributed by atoms with Gasteiger partial charge >= 0.3 is 0 Å². The maximum absolute atomic E-state index is 6.83. The summed E-state index contributed by atoms with van der Waals surface area (Å²) in [5, 5.41) is 2.35. The minimum absolute atomic E-state index is 0. The van der Waals surface area contributed by atoms with Gasteiger partial charge in [0.1, 0.15) is 5.82 Å². The van der Waals surface area contributed by atoms with Crippen LogP contribution in [0.5, 0.6) is 11.5 Å². The van der Waals surface area contributed by atoms with E-state index in [9.17, 15) is 0 Å². The molecule has 342 valence electrons. The zero-order chi connectivity index (χ0) is 46.7. The van der Waals surface area contributed by atoms with Crippen LogP contribution in [0.15, 0.2) is 200 Å². The average Bonchev–Trinajstić information content (AvgIpc) is 4.09. The first-order valence-corrected chi connectivity index (χ1v) is 24.0. The van der Waals surface area contributed by atoms with Gasteiger partial charge < -0.3 is 13.9 Å². The van der Waals surface area contributed by atoms with Gasteiger partial charge in [0.2, 0.25) is 0 Å². The van der Waals surface area contributed by atoms with Crippen molar-refractivity contribution < 1.29 is 30.4 Å². The number of rotatable bonds is 5. The molecule has 0 spiro atoms. The number of imidazole rings is 1. The van der Waals surface area contributed by atoms with Gasteiger partial charge in [-0.25, -0.2) is 4.98 Å². The van der Waals surface area contributed by atoms with E-state index >= 15 is 0 Å². The van der Waals surface area contributed by atoms with Crippen LogP contribution in [-0.2, 0) is 32.9 Å². The molecule has 0 atom stereocenters. The molecule has 0 radical (unpaired) electrons. The van der Waals surface area contributed by atoms with Crippen molar-refractivity contribution >= 4 is 32.8 Å². The Bertz CT molecular complexity index is 4120. The van der Waals surface area contributed by atoms with E-state index in [2.05, 4.69) is 229 Å². The van der Waals surface area contributed by atoms with Gasteiger partial charge in [0.05, 0.1) is 16.7 Å². The molecule has 0 saturated heterocycles. The zero-order valence-electron chi connectivity index (χ0n) is 39.3. The maximum Gasteiger partial charge on any atom is 0.268 e. The van der Waals surface area contributed by atoms with Crippen molar-refractivity contribution in [2.75, 3.05) is 0 Å². The Balaban J connectivity index is 0.00000492. The predicted octanol–water partition coefficient (Wildman–Crippen LogP) is 15.4. The Labute approximate surface area is 427 Å². The summed E-state index contributed by atoms with van der Waals surface area (Å²) in [5.74, 6) is 2.02. The summed E-state index contributed by atoms with van der Waals surface area (Å²) in [6.45, 7) is 6.73. The van der Waals surface area contributed by atoms with Crippen LogP contribution in [0.2, 0.25) is 0 Å². The van der Waals surface area contributed by atoms with Crippen molar-refractivity contribution in [2.45, 2.75) is 32.6 Å². The molecule has 71 heavy (non-hydrogen) atoms. The van der Waals surface area contributed by atoms with Gasteiger partial charge in [-0.2, -0.15) is 18.2 Å². The minimum Gasteiger partial charge on any atom is -0.510 e. The van der Waals surface area contributed by atoms with Gasteiger partial charge in [0.15, 0.2) is 0 Å². The molecular formula is C65H44N4OPt-2. The molecule has 0 fully saturated rings. The number of aromatic nitrogens is 4. The van der Waals surface area contributed by atoms with Crippen molar-refractivity contribution in [3.05, 3.63) is 235 Å². The first kappa shape index (κ1) is 42.9. The first-order chi connectivity index (χ1) is 34.4. The molecule has 4 heterocycles. The van der Waals surface area contributed by atoms with E-state index in [1.165, 1.54) is 49.9 Å². The molecular weight excluding hydrogens is 1050 g/mol. The molecule has 1 aliphatic heterocycles. The van der Waals surface area contributed by atoms with E-state index in [1.807, 2.05) is 24.4 Å². The molecule has 0 N–H and O–H groups in total. The van der Waals surface area contributed by atoms with E-state index in [1.54, 1.807) is 0 Å². The van der Waals surface area contributed by atoms with Crippen molar-refractivity contribution in [2.24, 2.45) is 0 Å². The Kier molecular flexibility index (Phi) is 9.99. The standard InChI is InChI=1S/C65H44N4O.Pt/c1-65(2,3)43-34-35-66-61(37-43)69-58-33-32-53-47-21-8-7-18-42(47)36-57(53)62(58)56-31-30-46(39-60(56)69)70-45-20-13-19-44(38-45)67-40-68-63-48(41-16-5-4-6-17-41)26-14-27-54(63)51-24-11-9-22-49(51)50-23-10-12-25-52(50)55-28-15-29-59(67)64(55)68;/h4-35,37H,36H2,1-3H3;/q-2;. The number of hydrogen-bond donors (Lipinski definition) is 0. The molecule has 2 aliphatic rings. The van der Waals surface area contributed by atoms with Gasteiger partial charge in [-0.3, -0.25) is 4.57 Å². The predicted molar refractivity (Wildman–Crippen MR) is 282 cm³/mol. The normalized spacial score (nSPS) is 12.3. The van der Waals surface area contributed by atoms with E-state index in [4.69, 9.17) is 9.72 Å². The summed E-state index contributed by atoms with van der Waals surface area (Å²) >= 11 is 0. The third-order valence-electron chi connectivity index (χ3n) is 14.4. The third kappa shape index (κ3) is 6.78. The van der Waals surface area contributed by atoms with Crippen LogP contribution in [0.3, 0.4) is 0 Å². The second kappa shape index (κ2) is 16.5. The van der Waals surface area contributed by atoms with Crippen molar-refractivity contribution in [1.29, 1.82) is 0 Å². The SMILES string of the molecule is CC(C)(C)c1ccnc(-n2c3[c-]c(Oc4[c-]c(-n5[c-][n+]6c7c(cccc75)-c5ccccc5-c5ccccc5-c5cccc(-c7ccccc7)c5-6)ccc4)ccc3c3c4c(ccc32)-c2ccccc2C4)c1.[Pt]. The fourth-order valence-corrected chi connectivity index (χ4v) is 11.2. The minimum atomic E-state index is -0.0551. The molecule has 0 saturated carbocycles. The van der Waals surface area contributed by atoms with Gasteiger partial charge in [-0.1, -0.05) is 172 Å². The van der Waals surface area contributed by atoms with Crippen LogP contribution in [0.1, 0.15) is 37.5 Å². The Hall–Kier alpha value is -8.11. The molecule has 6 heteroatoms. The molecule has 5 nitrogen and oxygen atoms in total. The van der Waals surface area contributed by atoms with Crippen molar-refractivity contribution in [1.82, 2.24) is 14.1 Å². The van der Waals surface area contributed by atoms with Gasteiger partial charge in [-0.05, 0) is 113 Å². The second-order valence-corrected chi connectivity index (χ2v) is 19.5. The number of benzene rings is 9. The summed E-state index contributed by atoms with van der Waals surface area (Å²) in [6, 6.07) is 76.8. The average molecular weight is 1090 g/mol. The molecule has 0 bridgehead atoms. The summed E-state index contributed by atoms with van der Waals surface area (Å²) < 4.78 is 13.5. The van der Waals surface area contributed by atoms with Crippen LogP contribution >= 0.6 is 0 Å². The topological polar surface area (TPSA) is 35.9 Å². The summed E-state index contributed by atoms with van der Waals surface area (Å²) in [6.07, 6.45) is 6.70. The fraction of sp³-hybridized carbons (Fsp3) is 0.0769. The summed E-state index contributed by atoms with van der Waals surface area (Å²) in [5.41, 5.74) is 21.6. The maximum atomic E-state index is 6.83. The quantitative estimate of drug-likeness (QED) is 0.127. The van der Waals surface area contributed by atoms with Gasteiger partial charge in [-0.15, -0.1) is 29.7 Å². The Morgan fingerprint density at radius 2 is 1.20 bits per heavy atom. The van der Waals surface area contributed by atoms with E-state index in [-0.39, 0.29) is 26.5 Å². The van der Waals surface area contributed by atoms with Crippen molar-refractivity contribution in [3.63, 3.8) is 0 Å². The third-order valence-corrected chi connectivity index (χ3v) is 14.4. The monoisotopic (exact) mass is 1090 g/mol. The van der Waals surface area contributed by atoms with Crippen LogP contribution in [0.25, 0.3) is 106 Å². The van der Waals surface area contributed by atoms with E-state index in [0.717, 1.165) is 78.9 Å². The smallest absolute Gasteiger partial charge is 0.268 e. The summed E-state index contributed by atoms with van der Waals surface area (Å²) in [7, 11) is 0. The molecule has 0 unspecified atom stereocenters.